The Labute approximate surface area is 142 Å². The molecule has 1 N–H and O–H groups in total. The molecule has 5 heteroatoms. The minimum Gasteiger partial charge on any atom is -0.377 e. The number of benzene rings is 1. The highest BCUT2D eigenvalue weighted by atomic mass is 16.5. The molecule has 126 valence electrons. The van der Waals surface area contributed by atoms with Gasteiger partial charge in [-0.1, -0.05) is 13.8 Å². The second-order valence-electron chi connectivity index (χ2n) is 7.37. The number of carbonyl (C=O) groups excluding carboxylic acids is 1. The Hall–Kier alpha value is -2.14. The lowest BCUT2D eigenvalue weighted by atomic mass is 9.55. The molecule has 1 aliphatic carbocycles. The first-order valence-corrected chi connectivity index (χ1v) is 8.60. The molecule has 2 aromatic rings. The maximum Gasteiger partial charge on any atom is 0.251 e. The van der Waals surface area contributed by atoms with Crippen LogP contribution in [0.3, 0.4) is 0 Å². The highest BCUT2D eigenvalue weighted by Gasteiger charge is 2.58. The van der Waals surface area contributed by atoms with Crippen molar-refractivity contribution in [3.05, 3.63) is 48.3 Å². The van der Waals surface area contributed by atoms with Crippen molar-refractivity contribution < 1.29 is 9.53 Å². The molecule has 5 nitrogen and oxygen atoms in total. The predicted molar refractivity (Wildman–Crippen MR) is 91.1 cm³/mol. The normalized spacial score (nSPS) is 27.8. The molecule has 0 unspecified atom stereocenters. The number of rotatable bonds is 3. The Balaban J connectivity index is 1.46. The van der Waals surface area contributed by atoms with Crippen LogP contribution in [0, 0.1) is 11.3 Å². The molecular weight excluding hydrogens is 302 g/mol. The molecule has 2 aliphatic rings. The van der Waals surface area contributed by atoms with Crippen LogP contribution in [0.25, 0.3) is 5.69 Å². The fourth-order valence-electron chi connectivity index (χ4n) is 4.23. The van der Waals surface area contributed by atoms with Gasteiger partial charge >= 0.3 is 0 Å². The van der Waals surface area contributed by atoms with Gasteiger partial charge in [0.15, 0.2) is 0 Å². The lowest BCUT2D eigenvalue weighted by molar-refractivity contribution is -0.189. The van der Waals surface area contributed by atoms with Gasteiger partial charge in [-0.05, 0) is 43.2 Å². The first-order chi connectivity index (χ1) is 11.6. The third-order valence-electron chi connectivity index (χ3n) is 5.52. The van der Waals surface area contributed by atoms with E-state index in [-0.39, 0.29) is 23.5 Å². The van der Waals surface area contributed by atoms with Crippen molar-refractivity contribution in [1.29, 1.82) is 0 Å². The molecule has 24 heavy (non-hydrogen) atoms. The van der Waals surface area contributed by atoms with Crippen LogP contribution in [0.4, 0.5) is 0 Å². The highest BCUT2D eigenvalue weighted by Crippen LogP contribution is 2.51. The first-order valence-electron chi connectivity index (χ1n) is 8.60. The molecule has 1 aromatic carbocycles. The zero-order valence-corrected chi connectivity index (χ0v) is 14.1. The van der Waals surface area contributed by atoms with Crippen LogP contribution < -0.4 is 5.32 Å². The average molecular weight is 325 g/mol. The summed E-state index contributed by atoms with van der Waals surface area (Å²) in [6, 6.07) is 9.60. The van der Waals surface area contributed by atoms with Crippen LogP contribution in [-0.2, 0) is 4.74 Å². The summed E-state index contributed by atoms with van der Waals surface area (Å²) in [5.74, 6) is 0.435. The van der Waals surface area contributed by atoms with Gasteiger partial charge in [0, 0.05) is 41.9 Å². The lowest BCUT2D eigenvalue weighted by Gasteiger charge is -2.59. The monoisotopic (exact) mass is 325 g/mol. The average Bonchev–Trinajstić information content (AvgIpc) is 3.14. The van der Waals surface area contributed by atoms with Crippen molar-refractivity contribution in [3.8, 4) is 5.69 Å². The minimum absolute atomic E-state index is 0.00422. The molecule has 2 heterocycles. The number of amides is 1. The highest BCUT2D eigenvalue weighted by molar-refractivity contribution is 5.94. The van der Waals surface area contributed by atoms with E-state index in [2.05, 4.69) is 24.3 Å². The summed E-state index contributed by atoms with van der Waals surface area (Å²) >= 11 is 0. The maximum atomic E-state index is 12.6. The Morgan fingerprint density at radius 1 is 1.33 bits per heavy atom. The molecule has 0 bridgehead atoms. The number of carbonyl (C=O) groups is 1. The molecule has 4 rings (SSSR count). The summed E-state index contributed by atoms with van der Waals surface area (Å²) in [5, 5.41) is 7.43. The van der Waals surface area contributed by atoms with Crippen LogP contribution in [0.15, 0.2) is 42.7 Å². The van der Waals surface area contributed by atoms with Crippen molar-refractivity contribution in [2.75, 3.05) is 6.61 Å². The Morgan fingerprint density at radius 2 is 2.12 bits per heavy atom. The van der Waals surface area contributed by atoms with Crippen molar-refractivity contribution in [2.45, 2.75) is 38.8 Å². The number of ether oxygens (including phenoxy) is 1. The van der Waals surface area contributed by atoms with Crippen molar-refractivity contribution >= 4 is 5.91 Å². The smallest absolute Gasteiger partial charge is 0.251 e. The van der Waals surface area contributed by atoms with Crippen molar-refractivity contribution in [2.24, 2.45) is 11.3 Å². The zero-order valence-electron chi connectivity index (χ0n) is 14.1. The van der Waals surface area contributed by atoms with E-state index in [9.17, 15) is 4.79 Å². The summed E-state index contributed by atoms with van der Waals surface area (Å²) < 4.78 is 7.68. The molecule has 1 amide bonds. The Kier molecular flexibility index (Phi) is 3.68. The summed E-state index contributed by atoms with van der Waals surface area (Å²) in [6.07, 6.45) is 6.12. The van der Waals surface area contributed by atoms with Crippen LogP contribution in [0.5, 0.6) is 0 Å². The summed E-state index contributed by atoms with van der Waals surface area (Å²) in [5.41, 5.74) is 1.62. The third kappa shape index (κ3) is 2.44. The van der Waals surface area contributed by atoms with E-state index < -0.39 is 0 Å². The summed E-state index contributed by atoms with van der Waals surface area (Å²) in [4.78, 5) is 12.6. The maximum absolute atomic E-state index is 12.6. The third-order valence-corrected chi connectivity index (χ3v) is 5.52. The number of aromatic nitrogens is 2. The van der Waals surface area contributed by atoms with E-state index in [0.29, 0.717) is 11.5 Å². The Bertz CT molecular complexity index is 722. The SMILES string of the molecule is CC1(C)[C@H](NC(=O)c2ccc(-n3cccn3)cc2)[C@H]2CCCO[C@H]21. The molecule has 1 saturated heterocycles. The van der Waals surface area contributed by atoms with Crippen molar-refractivity contribution in [1.82, 2.24) is 15.1 Å². The fraction of sp³-hybridized carbons (Fsp3) is 0.474. The van der Waals surface area contributed by atoms with Gasteiger partial charge in [-0.2, -0.15) is 5.10 Å². The molecule has 3 atom stereocenters. The standard InChI is InChI=1S/C19H23N3O2/c1-19(2)16(15-5-3-12-24-17(15)19)21-18(23)13-6-8-14(9-7-13)22-11-4-10-20-22/h4,6-11,15-17H,3,5,12H2,1-2H3,(H,21,23)/t15-,16-,17-/m1/s1. The van der Waals surface area contributed by atoms with E-state index in [1.54, 1.807) is 10.9 Å². The van der Waals surface area contributed by atoms with Gasteiger partial charge in [0.05, 0.1) is 11.8 Å². The number of fused-ring (bicyclic) bond motifs is 1. The van der Waals surface area contributed by atoms with Crippen LogP contribution in [0.2, 0.25) is 0 Å². The van der Waals surface area contributed by atoms with E-state index >= 15 is 0 Å². The number of nitrogens with zero attached hydrogens (tertiary/aromatic N) is 2. The van der Waals surface area contributed by atoms with E-state index in [1.165, 1.54) is 0 Å². The van der Waals surface area contributed by atoms with E-state index in [0.717, 1.165) is 25.1 Å². The topological polar surface area (TPSA) is 56.2 Å². The molecule has 1 aromatic heterocycles. The lowest BCUT2D eigenvalue weighted by Crippen LogP contribution is -2.70. The molecule has 0 radical (unpaired) electrons. The van der Waals surface area contributed by atoms with Gasteiger partial charge in [-0.3, -0.25) is 4.79 Å². The first kappa shape index (κ1) is 15.4. The van der Waals surface area contributed by atoms with Gasteiger partial charge in [0.1, 0.15) is 0 Å². The fourth-order valence-corrected chi connectivity index (χ4v) is 4.23. The second-order valence-corrected chi connectivity index (χ2v) is 7.37. The molecule has 2 fully saturated rings. The van der Waals surface area contributed by atoms with Gasteiger partial charge in [-0.15, -0.1) is 0 Å². The molecule has 0 spiro atoms. The number of hydrogen-bond acceptors (Lipinski definition) is 3. The van der Waals surface area contributed by atoms with E-state index in [1.807, 2.05) is 36.5 Å². The second kappa shape index (κ2) is 5.74. The van der Waals surface area contributed by atoms with Gasteiger partial charge < -0.3 is 10.1 Å². The molecule has 1 saturated carbocycles. The zero-order chi connectivity index (χ0) is 16.7. The van der Waals surface area contributed by atoms with Gasteiger partial charge in [0.2, 0.25) is 0 Å². The number of hydrogen-bond donors (Lipinski definition) is 1. The molecule has 1 aliphatic heterocycles. The molecular formula is C19H23N3O2. The quantitative estimate of drug-likeness (QED) is 0.944. The Morgan fingerprint density at radius 3 is 2.83 bits per heavy atom. The minimum atomic E-state index is -0.0101. The van der Waals surface area contributed by atoms with E-state index in [4.69, 9.17) is 4.74 Å². The largest absolute Gasteiger partial charge is 0.377 e. The summed E-state index contributed by atoms with van der Waals surface area (Å²) in [6.45, 7) is 5.22. The van der Waals surface area contributed by atoms with Crippen LogP contribution in [-0.4, -0.2) is 34.4 Å². The van der Waals surface area contributed by atoms with Gasteiger partial charge in [0.25, 0.3) is 5.91 Å². The van der Waals surface area contributed by atoms with Gasteiger partial charge in [-0.25, -0.2) is 4.68 Å². The van der Waals surface area contributed by atoms with Crippen molar-refractivity contribution in [3.63, 3.8) is 0 Å². The van der Waals surface area contributed by atoms with Crippen LogP contribution >= 0.6 is 0 Å². The predicted octanol–water partition coefficient (Wildman–Crippen LogP) is 2.81. The van der Waals surface area contributed by atoms with Crippen LogP contribution in [0.1, 0.15) is 37.0 Å². The number of nitrogens with one attached hydrogen (secondary N) is 1. The summed E-state index contributed by atoms with van der Waals surface area (Å²) in [7, 11) is 0.